The van der Waals surface area contributed by atoms with E-state index >= 15 is 0 Å². The van der Waals surface area contributed by atoms with Crippen LogP contribution in [0.1, 0.15) is 19.0 Å². The fourth-order valence-corrected chi connectivity index (χ4v) is 1.23. The van der Waals surface area contributed by atoms with E-state index < -0.39 is 18.6 Å². The second kappa shape index (κ2) is 4.84. The summed E-state index contributed by atoms with van der Waals surface area (Å²) in [7, 11) is 0. The molecule has 16 heavy (non-hydrogen) atoms. The van der Waals surface area contributed by atoms with Gasteiger partial charge in [-0.15, -0.1) is 0 Å². The normalized spacial score (nSPS) is 12.9. The highest BCUT2D eigenvalue weighted by Crippen LogP contribution is 2.23. The zero-order valence-electron chi connectivity index (χ0n) is 8.54. The smallest absolute Gasteiger partial charge is 0.381 e. The molecule has 1 heterocycles. The average molecular weight is 229 g/mol. The quantitative estimate of drug-likeness (QED) is 0.866. The summed E-state index contributed by atoms with van der Waals surface area (Å²) in [4.78, 5) is 3.74. The maximum Gasteiger partial charge on any atom is 0.391 e. The van der Waals surface area contributed by atoms with Gasteiger partial charge >= 0.3 is 6.18 Å². The lowest BCUT2D eigenvalue weighted by molar-refractivity contribution is -0.136. The summed E-state index contributed by atoms with van der Waals surface area (Å²) in [5, 5.41) is 11.1. The van der Waals surface area contributed by atoms with Gasteiger partial charge in [0.2, 0.25) is 0 Å². The lowest BCUT2D eigenvalue weighted by Gasteiger charge is -2.16. The van der Waals surface area contributed by atoms with E-state index in [0.29, 0.717) is 5.69 Å². The Morgan fingerprint density at radius 3 is 2.62 bits per heavy atom. The van der Waals surface area contributed by atoms with Crippen molar-refractivity contribution in [3.05, 3.63) is 24.0 Å². The molecule has 0 saturated heterocycles. The van der Waals surface area contributed by atoms with Gasteiger partial charge in [0.05, 0.1) is 18.3 Å². The van der Waals surface area contributed by atoms with Crippen molar-refractivity contribution in [2.45, 2.75) is 25.6 Å². The molecule has 0 bridgehead atoms. The molecule has 1 N–H and O–H groups in total. The number of nitriles is 1. The van der Waals surface area contributed by atoms with Gasteiger partial charge < -0.3 is 5.32 Å². The number of nitrogens with one attached hydrogen (secondary N) is 1. The first-order valence-corrected chi connectivity index (χ1v) is 4.60. The Morgan fingerprint density at radius 1 is 1.50 bits per heavy atom. The van der Waals surface area contributed by atoms with Gasteiger partial charge in [0.25, 0.3) is 0 Å². The van der Waals surface area contributed by atoms with Crippen molar-refractivity contribution < 1.29 is 13.2 Å². The van der Waals surface area contributed by atoms with Crippen LogP contribution in [0.4, 0.5) is 18.9 Å². The minimum Gasteiger partial charge on any atom is -0.381 e. The molecular weight excluding hydrogens is 219 g/mol. The first-order chi connectivity index (χ1) is 7.40. The summed E-state index contributed by atoms with van der Waals surface area (Å²) in [6.45, 7) is 1.44. The van der Waals surface area contributed by atoms with Crippen LogP contribution >= 0.6 is 0 Å². The van der Waals surface area contributed by atoms with Crippen molar-refractivity contribution >= 4 is 5.69 Å². The fraction of sp³-hybridized carbons (Fsp3) is 0.400. The van der Waals surface area contributed by atoms with Gasteiger partial charge in [0.1, 0.15) is 11.8 Å². The second-order valence-corrected chi connectivity index (χ2v) is 3.41. The Morgan fingerprint density at radius 2 is 2.19 bits per heavy atom. The van der Waals surface area contributed by atoms with Crippen molar-refractivity contribution in [2.24, 2.45) is 0 Å². The first kappa shape index (κ1) is 12.3. The molecule has 0 amide bonds. The molecule has 1 rings (SSSR count). The molecule has 0 radical (unpaired) electrons. The van der Waals surface area contributed by atoms with Gasteiger partial charge in [-0.1, -0.05) is 0 Å². The van der Waals surface area contributed by atoms with Crippen molar-refractivity contribution in [1.29, 1.82) is 5.26 Å². The topological polar surface area (TPSA) is 48.7 Å². The maximum atomic E-state index is 12.0. The van der Waals surface area contributed by atoms with Crippen molar-refractivity contribution in [3.8, 4) is 6.07 Å². The average Bonchev–Trinajstić information content (AvgIpc) is 2.16. The van der Waals surface area contributed by atoms with Gasteiger partial charge in [-0.3, -0.25) is 0 Å². The van der Waals surface area contributed by atoms with Crippen LogP contribution in [-0.4, -0.2) is 17.2 Å². The monoisotopic (exact) mass is 229 g/mol. The minimum absolute atomic E-state index is 0.231. The molecule has 0 aromatic carbocycles. The molecule has 0 aliphatic rings. The third-order valence-corrected chi connectivity index (χ3v) is 1.83. The molecule has 0 fully saturated rings. The molecule has 3 nitrogen and oxygen atoms in total. The van der Waals surface area contributed by atoms with E-state index in [1.54, 1.807) is 0 Å². The highest BCUT2D eigenvalue weighted by atomic mass is 19.4. The predicted octanol–water partition coefficient (Wildman–Crippen LogP) is 2.71. The fourth-order valence-electron chi connectivity index (χ4n) is 1.23. The molecule has 0 aliphatic carbocycles. The lowest BCUT2D eigenvalue weighted by atomic mass is 10.2. The summed E-state index contributed by atoms with van der Waals surface area (Å²) >= 11 is 0. The van der Waals surface area contributed by atoms with Gasteiger partial charge in [0, 0.05) is 6.04 Å². The van der Waals surface area contributed by atoms with Gasteiger partial charge in [-0.2, -0.15) is 18.4 Å². The van der Waals surface area contributed by atoms with Crippen molar-refractivity contribution in [1.82, 2.24) is 4.98 Å². The first-order valence-electron chi connectivity index (χ1n) is 4.60. The van der Waals surface area contributed by atoms with E-state index in [4.69, 9.17) is 5.26 Å². The van der Waals surface area contributed by atoms with Crippen LogP contribution in [0.25, 0.3) is 0 Å². The lowest BCUT2D eigenvalue weighted by Crippen LogP contribution is -2.23. The van der Waals surface area contributed by atoms with Gasteiger partial charge in [0.15, 0.2) is 0 Å². The second-order valence-electron chi connectivity index (χ2n) is 3.41. The van der Waals surface area contributed by atoms with Crippen molar-refractivity contribution in [2.75, 3.05) is 5.32 Å². The molecule has 1 unspecified atom stereocenters. The number of rotatable bonds is 3. The summed E-state index contributed by atoms with van der Waals surface area (Å²) in [5.74, 6) is 0. The molecular formula is C10H10F3N3. The Bertz CT molecular complexity index is 378. The third-order valence-electron chi connectivity index (χ3n) is 1.83. The van der Waals surface area contributed by atoms with E-state index in [-0.39, 0.29) is 5.69 Å². The Hall–Kier alpha value is -1.77. The molecule has 0 spiro atoms. The van der Waals surface area contributed by atoms with Crippen LogP contribution in [0, 0.1) is 11.3 Å². The number of alkyl halides is 3. The Labute approximate surface area is 90.9 Å². The highest BCUT2D eigenvalue weighted by Gasteiger charge is 2.29. The zero-order valence-corrected chi connectivity index (χ0v) is 8.54. The zero-order chi connectivity index (χ0) is 12.2. The predicted molar refractivity (Wildman–Crippen MR) is 52.7 cm³/mol. The van der Waals surface area contributed by atoms with Crippen molar-refractivity contribution in [3.63, 3.8) is 0 Å². The molecule has 1 aromatic heterocycles. The molecule has 1 atom stereocenters. The number of halogens is 3. The third kappa shape index (κ3) is 4.17. The van der Waals surface area contributed by atoms with Gasteiger partial charge in [-0.05, 0) is 19.1 Å². The molecule has 1 aromatic rings. The molecule has 0 saturated carbocycles. The van der Waals surface area contributed by atoms with E-state index in [1.165, 1.54) is 25.3 Å². The number of pyridine rings is 1. The van der Waals surface area contributed by atoms with Crippen LogP contribution in [-0.2, 0) is 0 Å². The minimum atomic E-state index is -4.19. The molecule has 0 aliphatic heterocycles. The van der Waals surface area contributed by atoms with Crippen LogP contribution < -0.4 is 5.32 Å². The van der Waals surface area contributed by atoms with E-state index in [2.05, 4.69) is 10.3 Å². The van der Waals surface area contributed by atoms with Crippen LogP contribution in [0.15, 0.2) is 18.3 Å². The number of hydrogen-bond acceptors (Lipinski definition) is 3. The highest BCUT2D eigenvalue weighted by molar-refractivity contribution is 5.43. The summed E-state index contributed by atoms with van der Waals surface area (Å²) in [6, 6.07) is 4.07. The SMILES string of the molecule is CC(CC(F)(F)F)Nc1ccc(C#N)nc1. The number of nitrogens with zero attached hydrogens (tertiary/aromatic N) is 2. The van der Waals surface area contributed by atoms with E-state index in [0.717, 1.165) is 0 Å². The van der Waals surface area contributed by atoms with Crippen LogP contribution in [0.3, 0.4) is 0 Å². The standard InChI is InChI=1S/C10H10F3N3/c1-7(4-10(11,12)13)16-9-3-2-8(5-14)15-6-9/h2-3,6-7,16H,4H2,1H3. The maximum absolute atomic E-state index is 12.0. The summed E-state index contributed by atoms with van der Waals surface area (Å²) in [6.07, 6.45) is -3.76. The number of anilines is 1. The summed E-state index contributed by atoms with van der Waals surface area (Å²) < 4.78 is 36.1. The van der Waals surface area contributed by atoms with E-state index in [9.17, 15) is 13.2 Å². The summed E-state index contributed by atoms with van der Waals surface area (Å²) in [5.41, 5.74) is 0.699. The Kier molecular flexibility index (Phi) is 3.72. The molecule has 6 heteroatoms. The van der Waals surface area contributed by atoms with E-state index in [1.807, 2.05) is 6.07 Å². The van der Waals surface area contributed by atoms with Crippen LogP contribution in [0.5, 0.6) is 0 Å². The Balaban J connectivity index is 2.57. The van der Waals surface area contributed by atoms with Crippen LogP contribution in [0.2, 0.25) is 0 Å². The number of hydrogen-bond donors (Lipinski definition) is 1. The number of aromatic nitrogens is 1. The van der Waals surface area contributed by atoms with Gasteiger partial charge in [-0.25, -0.2) is 4.98 Å². The molecule has 86 valence electrons. The largest absolute Gasteiger partial charge is 0.391 e.